The van der Waals surface area contributed by atoms with Crippen molar-refractivity contribution in [1.29, 1.82) is 0 Å². The number of carbonyl (C=O) groups excluding carboxylic acids is 1. The third kappa shape index (κ3) is 2.46. The number of rotatable bonds is 2. The van der Waals surface area contributed by atoms with Gasteiger partial charge in [-0.15, -0.1) is 0 Å². The molecule has 1 amide bonds. The lowest BCUT2D eigenvalue weighted by Gasteiger charge is -2.28. The Hall–Kier alpha value is -2.41. The molecule has 0 aromatic carbocycles. The second-order valence-electron chi connectivity index (χ2n) is 6.00. The Bertz CT molecular complexity index is 774. The van der Waals surface area contributed by atoms with Gasteiger partial charge in [-0.2, -0.15) is 0 Å². The molecule has 120 valence electrons. The van der Waals surface area contributed by atoms with Crippen molar-refractivity contribution in [3.05, 3.63) is 46.0 Å². The lowest BCUT2D eigenvalue weighted by molar-refractivity contribution is -0.116. The van der Waals surface area contributed by atoms with Gasteiger partial charge in [0.1, 0.15) is 5.82 Å². The fourth-order valence-electron chi connectivity index (χ4n) is 3.48. The quantitative estimate of drug-likeness (QED) is 0.877. The van der Waals surface area contributed by atoms with Gasteiger partial charge in [0.2, 0.25) is 5.91 Å². The highest BCUT2D eigenvalue weighted by Gasteiger charge is 2.34. The highest BCUT2D eigenvalue weighted by molar-refractivity contribution is 5.94. The molecule has 7 heteroatoms. The predicted molar refractivity (Wildman–Crippen MR) is 83.5 cm³/mol. The molecular weight excluding hydrogens is 296 g/mol. The van der Waals surface area contributed by atoms with Crippen molar-refractivity contribution in [3.63, 3.8) is 0 Å². The van der Waals surface area contributed by atoms with Crippen LogP contribution in [-0.2, 0) is 9.53 Å². The Morgan fingerprint density at radius 2 is 1.91 bits per heavy atom. The first-order valence-corrected chi connectivity index (χ1v) is 7.86. The van der Waals surface area contributed by atoms with Crippen molar-refractivity contribution in [2.45, 2.75) is 31.2 Å². The van der Waals surface area contributed by atoms with E-state index in [-0.39, 0.29) is 29.8 Å². The Balaban J connectivity index is 1.80. The molecule has 4 heterocycles. The Kier molecular flexibility index (Phi) is 3.49. The molecule has 2 aliphatic heterocycles. The fraction of sp³-hybridized carbons (Fsp3) is 0.438. The summed E-state index contributed by atoms with van der Waals surface area (Å²) in [6.07, 6.45) is 5.30. The number of H-pyrrole nitrogens is 1. The second kappa shape index (κ2) is 5.66. The molecule has 0 radical (unpaired) electrons. The molecule has 0 saturated carbocycles. The second-order valence-corrected chi connectivity index (χ2v) is 6.00. The van der Waals surface area contributed by atoms with Gasteiger partial charge >= 0.3 is 0 Å². The molecule has 1 fully saturated rings. The normalized spacial score (nSPS) is 21.7. The Labute approximate surface area is 132 Å². The molecular formula is C16H18N4O3. The molecule has 2 aliphatic rings. The van der Waals surface area contributed by atoms with E-state index in [1.165, 1.54) is 0 Å². The van der Waals surface area contributed by atoms with E-state index >= 15 is 0 Å². The van der Waals surface area contributed by atoms with E-state index in [0.29, 0.717) is 24.6 Å². The van der Waals surface area contributed by atoms with E-state index in [9.17, 15) is 9.59 Å². The van der Waals surface area contributed by atoms with E-state index in [1.807, 2.05) is 16.8 Å². The minimum absolute atomic E-state index is 0.0703. The molecule has 2 aromatic heterocycles. The van der Waals surface area contributed by atoms with Gasteiger partial charge in [-0.05, 0) is 30.5 Å². The number of hydrogen-bond donors (Lipinski definition) is 2. The number of carbonyl (C=O) groups is 1. The molecule has 0 aliphatic carbocycles. The lowest BCUT2D eigenvalue weighted by atomic mass is 9.88. The maximum absolute atomic E-state index is 12.5. The monoisotopic (exact) mass is 314 g/mol. The van der Waals surface area contributed by atoms with E-state index in [0.717, 1.165) is 18.4 Å². The number of anilines is 1. The minimum Gasteiger partial charge on any atom is -0.381 e. The van der Waals surface area contributed by atoms with Crippen LogP contribution < -0.4 is 10.9 Å². The number of nitrogens with zero attached hydrogens (tertiary/aromatic N) is 2. The van der Waals surface area contributed by atoms with Crippen LogP contribution in [0.2, 0.25) is 0 Å². The summed E-state index contributed by atoms with van der Waals surface area (Å²) in [5.74, 6) is 0.311. The highest BCUT2D eigenvalue weighted by Crippen LogP contribution is 2.36. The van der Waals surface area contributed by atoms with E-state index < -0.39 is 0 Å². The number of pyridine rings is 1. The molecule has 2 aromatic rings. The number of ether oxygens (including phenoxy) is 1. The van der Waals surface area contributed by atoms with Crippen LogP contribution in [0.15, 0.2) is 29.3 Å². The van der Waals surface area contributed by atoms with Crippen molar-refractivity contribution >= 4 is 11.7 Å². The molecule has 7 nitrogen and oxygen atoms in total. The van der Waals surface area contributed by atoms with Crippen LogP contribution >= 0.6 is 0 Å². The number of fused-ring (bicyclic) bond motifs is 1. The molecule has 1 atom stereocenters. The average Bonchev–Trinajstić information content (AvgIpc) is 2.92. The maximum atomic E-state index is 12.5. The number of nitrogens with one attached hydrogen (secondary N) is 2. The molecule has 0 bridgehead atoms. The molecule has 23 heavy (non-hydrogen) atoms. The molecule has 2 N–H and O–H groups in total. The average molecular weight is 314 g/mol. The maximum Gasteiger partial charge on any atom is 0.270 e. The Morgan fingerprint density at radius 3 is 2.65 bits per heavy atom. The zero-order chi connectivity index (χ0) is 15.8. The van der Waals surface area contributed by atoms with Crippen LogP contribution in [0.3, 0.4) is 0 Å². The summed E-state index contributed by atoms with van der Waals surface area (Å²) in [5.41, 5.74) is 1.45. The summed E-state index contributed by atoms with van der Waals surface area (Å²) in [4.78, 5) is 28.7. The SMILES string of the molecule is O=C1C[C@H](c2ccncc2)c2c(n(C3CCOCC3)[nH]c2=O)N1. The zero-order valence-corrected chi connectivity index (χ0v) is 12.6. The van der Waals surface area contributed by atoms with E-state index in [2.05, 4.69) is 15.4 Å². The van der Waals surface area contributed by atoms with Crippen LogP contribution in [0.5, 0.6) is 0 Å². The zero-order valence-electron chi connectivity index (χ0n) is 12.6. The Morgan fingerprint density at radius 1 is 1.17 bits per heavy atom. The number of hydrogen-bond acceptors (Lipinski definition) is 4. The van der Waals surface area contributed by atoms with E-state index in [1.54, 1.807) is 12.4 Å². The minimum atomic E-state index is -0.230. The first-order valence-electron chi connectivity index (χ1n) is 7.86. The van der Waals surface area contributed by atoms with Crippen LogP contribution in [0.25, 0.3) is 0 Å². The van der Waals surface area contributed by atoms with Gasteiger partial charge in [-0.1, -0.05) is 0 Å². The van der Waals surface area contributed by atoms with Crippen molar-refractivity contribution < 1.29 is 9.53 Å². The highest BCUT2D eigenvalue weighted by atomic mass is 16.5. The van der Waals surface area contributed by atoms with Gasteiger partial charge < -0.3 is 10.1 Å². The third-order valence-corrected chi connectivity index (χ3v) is 4.62. The third-order valence-electron chi connectivity index (χ3n) is 4.62. The van der Waals surface area contributed by atoms with Crippen LogP contribution in [0.4, 0.5) is 5.82 Å². The summed E-state index contributed by atoms with van der Waals surface area (Å²) in [6.45, 7) is 1.34. The van der Waals surface area contributed by atoms with Crippen LogP contribution in [0.1, 0.15) is 42.3 Å². The molecule has 1 saturated heterocycles. The summed E-state index contributed by atoms with van der Waals surface area (Å²) < 4.78 is 7.21. The number of aromatic nitrogens is 3. The standard InChI is InChI=1S/C16H18N4O3/c21-13-9-12(10-1-5-17-6-2-10)14-15(18-13)20(19-16(14)22)11-3-7-23-8-4-11/h1-2,5-6,11-12H,3-4,7-9H2,(H,18,21)(H,19,22)/t12-/m1/s1. The summed E-state index contributed by atoms with van der Waals surface area (Å²) in [6, 6.07) is 3.87. The number of amides is 1. The topological polar surface area (TPSA) is 89.0 Å². The van der Waals surface area contributed by atoms with Gasteiger partial charge in [0.05, 0.1) is 11.6 Å². The van der Waals surface area contributed by atoms with Gasteiger partial charge in [0, 0.05) is 37.9 Å². The summed E-state index contributed by atoms with van der Waals surface area (Å²) in [5, 5.41) is 5.80. The van der Waals surface area contributed by atoms with Gasteiger partial charge in [-0.3, -0.25) is 24.4 Å². The predicted octanol–water partition coefficient (Wildman–Crippen LogP) is 1.40. The smallest absolute Gasteiger partial charge is 0.270 e. The lowest BCUT2D eigenvalue weighted by Crippen LogP contribution is -2.28. The van der Waals surface area contributed by atoms with Crippen molar-refractivity contribution in [1.82, 2.24) is 14.8 Å². The largest absolute Gasteiger partial charge is 0.381 e. The van der Waals surface area contributed by atoms with Crippen LogP contribution in [0, 0.1) is 0 Å². The van der Waals surface area contributed by atoms with Gasteiger partial charge in [-0.25, -0.2) is 0 Å². The van der Waals surface area contributed by atoms with Gasteiger partial charge in [0.15, 0.2) is 0 Å². The van der Waals surface area contributed by atoms with Gasteiger partial charge in [0.25, 0.3) is 5.56 Å². The summed E-state index contributed by atoms with van der Waals surface area (Å²) >= 11 is 0. The summed E-state index contributed by atoms with van der Waals surface area (Å²) in [7, 11) is 0. The first kappa shape index (κ1) is 14.2. The van der Waals surface area contributed by atoms with Crippen molar-refractivity contribution in [2.24, 2.45) is 0 Å². The van der Waals surface area contributed by atoms with Crippen molar-refractivity contribution in [3.8, 4) is 0 Å². The molecule has 4 rings (SSSR count). The van der Waals surface area contributed by atoms with E-state index in [4.69, 9.17) is 4.74 Å². The number of aromatic amines is 1. The van der Waals surface area contributed by atoms with Crippen molar-refractivity contribution in [2.75, 3.05) is 18.5 Å². The van der Waals surface area contributed by atoms with Crippen LogP contribution in [-0.4, -0.2) is 33.9 Å². The molecule has 0 unspecified atom stereocenters. The fourth-order valence-corrected chi connectivity index (χ4v) is 3.48. The molecule has 0 spiro atoms. The first-order chi connectivity index (χ1) is 11.2.